The molecule has 0 atom stereocenters. The molecule has 1 saturated heterocycles. The molecule has 0 aromatic heterocycles. The van der Waals surface area contributed by atoms with Crippen molar-refractivity contribution in [3.8, 4) is 0 Å². The van der Waals surface area contributed by atoms with Gasteiger partial charge in [-0.2, -0.15) is 0 Å². The Morgan fingerprint density at radius 3 is 2.63 bits per heavy atom. The topological polar surface area (TPSA) is 23.6 Å². The summed E-state index contributed by atoms with van der Waals surface area (Å²) >= 11 is 3.53. The van der Waals surface area contributed by atoms with Crippen molar-refractivity contribution in [1.82, 2.24) is 9.80 Å². The number of halogens is 1. The molecule has 1 aromatic rings. The molecule has 3 nitrogen and oxygen atoms in total. The molecule has 104 valence electrons. The summed E-state index contributed by atoms with van der Waals surface area (Å²) in [6.45, 7) is 8.84. The van der Waals surface area contributed by atoms with Crippen LogP contribution in [0.2, 0.25) is 0 Å². The predicted octanol–water partition coefficient (Wildman–Crippen LogP) is 2.92. The van der Waals surface area contributed by atoms with Gasteiger partial charge in [-0.25, -0.2) is 0 Å². The van der Waals surface area contributed by atoms with Crippen molar-refractivity contribution in [3.63, 3.8) is 0 Å². The highest BCUT2D eigenvalue weighted by atomic mass is 79.9. The van der Waals surface area contributed by atoms with Crippen LogP contribution < -0.4 is 0 Å². The van der Waals surface area contributed by atoms with Gasteiger partial charge in [0.15, 0.2) is 0 Å². The molecule has 1 heterocycles. The van der Waals surface area contributed by atoms with Gasteiger partial charge in [0.1, 0.15) is 0 Å². The number of hydrogen-bond acceptors (Lipinski definition) is 2. The zero-order chi connectivity index (χ0) is 14.2. The molecule has 0 saturated carbocycles. The molecule has 0 N–H and O–H groups in total. The second-order valence-electron chi connectivity index (χ2n) is 5.90. The average molecular weight is 325 g/mol. The maximum atomic E-state index is 12.6. The third-order valence-corrected chi connectivity index (χ3v) is 5.08. The van der Waals surface area contributed by atoms with Gasteiger partial charge in [-0.15, -0.1) is 0 Å². The second-order valence-corrected chi connectivity index (χ2v) is 6.69. The Bertz CT molecular complexity index is 499. The molecule has 0 unspecified atom stereocenters. The molecule has 2 rings (SSSR count). The minimum absolute atomic E-state index is 0.0320. The minimum atomic E-state index is 0.0320. The number of benzene rings is 1. The first-order valence-corrected chi connectivity index (χ1v) is 7.38. The van der Waals surface area contributed by atoms with Gasteiger partial charge in [0.25, 0.3) is 5.91 Å². The number of hydrogen-bond donors (Lipinski definition) is 0. The summed E-state index contributed by atoms with van der Waals surface area (Å²) in [6, 6.07) is 5.84. The number of nitrogens with zero attached hydrogens (tertiary/aromatic N) is 2. The van der Waals surface area contributed by atoms with Gasteiger partial charge < -0.3 is 4.90 Å². The predicted molar refractivity (Wildman–Crippen MR) is 81.5 cm³/mol. The lowest BCUT2D eigenvalue weighted by atomic mass is 9.99. The SMILES string of the molecule is Cc1cccc(C(=O)N2CCN(C)C(C)(C)C2)c1Br. The standard InChI is InChI=1S/C15H21BrN2O/c1-11-6-5-7-12(13(11)16)14(19)18-9-8-17(4)15(2,3)10-18/h5-7H,8-10H2,1-4H3. The van der Waals surface area contributed by atoms with E-state index >= 15 is 0 Å². The lowest BCUT2D eigenvalue weighted by Crippen LogP contribution is -2.58. The smallest absolute Gasteiger partial charge is 0.255 e. The van der Waals surface area contributed by atoms with Gasteiger partial charge in [0, 0.05) is 29.6 Å². The molecule has 1 aliphatic rings. The number of likely N-dealkylation sites (N-methyl/N-ethyl adjacent to an activating group) is 1. The van der Waals surface area contributed by atoms with Crippen molar-refractivity contribution in [2.24, 2.45) is 0 Å². The fraction of sp³-hybridized carbons (Fsp3) is 0.533. The Morgan fingerprint density at radius 2 is 2.00 bits per heavy atom. The Morgan fingerprint density at radius 1 is 1.32 bits per heavy atom. The quantitative estimate of drug-likeness (QED) is 0.793. The molecule has 0 radical (unpaired) electrons. The number of aryl methyl sites for hydroxylation is 1. The number of carbonyl (C=O) groups excluding carboxylic acids is 1. The first-order chi connectivity index (χ1) is 8.83. The van der Waals surface area contributed by atoms with Crippen LogP contribution in [-0.4, -0.2) is 47.9 Å². The monoisotopic (exact) mass is 324 g/mol. The summed E-state index contributed by atoms with van der Waals surface area (Å²) in [4.78, 5) is 16.9. The lowest BCUT2D eigenvalue weighted by molar-refractivity contribution is 0.0310. The zero-order valence-electron chi connectivity index (χ0n) is 12.0. The van der Waals surface area contributed by atoms with Crippen molar-refractivity contribution in [3.05, 3.63) is 33.8 Å². The van der Waals surface area contributed by atoms with Gasteiger partial charge in [-0.1, -0.05) is 12.1 Å². The van der Waals surface area contributed by atoms with Gasteiger partial charge in [-0.05, 0) is 55.4 Å². The number of amides is 1. The second kappa shape index (κ2) is 5.25. The van der Waals surface area contributed by atoms with Crippen LogP contribution in [0.1, 0.15) is 29.8 Å². The van der Waals surface area contributed by atoms with E-state index in [1.54, 1.807) is 0 Å². The highest BCUT2D eigenvalue weighted by Gasteiger charge is 2.33. The molecule has 0 aliphatic carbocycles. The lowest BCUT2D eigenvalue weighted by Gasteiger charge is -2.45. The third-order valence-electron chi connectivity index (χ3n) is 4.03. The Hall–Kier alpha value is -0.870. The average Bonchev–Trinajstić information content (AvgIpc) is 2.35. The molecule has 1 aromatic carbocycles. The molecular weight excluding hydrogens is 304 g/mol. The van der Waals surface area contributed by atoms with E-state index in [4.69, 9.17) is 0 Å². The summed E-state index contributed by atoms with van der Waals surface area (Å²) in [5, 5.41) is 0. The summed E-state index contributed by atoms with van der Waals surface area (Å²) in [5.41, 5.74) is 1.89. The van der Waals surface area contributed by atoms with Crippen LogP contribution in [0, 0.1) is 6.92 Å². The van der Waals surface area contributed by atoms with E-state index in [1.165, 1.54) is 0 Å². The van der Waals surface area contributed by atoms with Crippen LogP contribution in [0.3, 0.4) is 0 Å². The molecule has 19 heavy (non-hydrogen) atoms. The third kappa shape index (κ3) is 2.84. The van der Waals surface area contributed by atoms with Crippen molar-refractivity contribution in [2.75, 3.05) is 26.7 Å². The Balaban J connectivity index is 2.23. The fourth-order valence-corrected chi connectivity index (χ4v) is 2.83. The summed E-state index contributed by atoms with van der Waals surface area (Å²) in [6.07, 6.45) is 0. The number of piperazine rings is 1. The van der Waals surface area contributed by atoms with Crippen molar-refractivity contribution >= 4 is 21.8 Å². The van der Waals surface area contributed by atoms with Gasteiger partial charge in [-0.3, -0.25) is 9.69 Å². The van der Waals surface area contributed by atoms with Gasteiger partial charge in [0.05, 0.1) is 5.56 Å². The van der Waals surface area contributed by atoms with Crippen molar-refractivity contribution < 1.29 is 4.79 Å². The van der Waals surface area contributed by atoms with E-state index in [-0.39, 0.29) is 11.4 Å². The van der Waals surface area contributed by atoms with Crippen LogP contribution in [0.15, 0.2) is 22.7 Å². The highest BCUT2D eigenvalue weighted by Crippen LogP contribution is 2.25. The van der Waals surface area contributed by atoms with Crippen LogP contribution in [0.4, 0.5) is 0 Å². The van der Waals surface area contributed by atoms with Crippen LogP contribution in [0.25, 0.3) is 0 Å². The molecule has 0 bridgehead atoms. The number of rotatable bonds is 1. The van der Waals surface area contributed by atoms with Gasteiger partial charge in [0.2, 0.25) is 0 Å². The first kappa shape index (κ1) is 14.5. The molecule has 1 fully saturated rings. The largest absolute Gasteiger partial charge is 0.335 e. The van der Waals surface area contributed by atoms with Gasteiger partial charge >= 0.3 is 0 Å². The van der Waals surface area contributed by atoms with Crippen LogP contribution in [-0.2, 0) is 0 Å². The number of carbonyl (C=O) groups is 1. The van der Waals surface area contributed by atoms with Crippen LogP contribution >= 0.6 is 15.9 Å². The maximum absolute atomic E-state index is 12.6. The summed E-state index contributed by atoms with van der Waals surface area (Å²) in [7, 11) is 2.12. The molecule has 1 amide bonds. The minimum Gasteiger partial charge on any atom is -0.335 e. The van der Waals surface area contributed by atoms with E-state index in [2.05, 4.69) is 41.7 Å². The molecule has 1 aliphatic heterocycles. The van der Waals surface area contributed by atoms with Crippen LogP contribution in [0.5, 0.6) is 0 Å². The Labute approximate surface area is 123 Å². The van der Waals surface area contributed by atoms with E-state index in [9.17, 15) is 4.79 Å². The maximum Gasteiger partial charge on any atom is 0.255 e. The molecular formula is C15H21BrN2O. The van der Waals surface area contributed by atoms with E-state index in [1.807, 2.05) is 30.0 Å². The Kier molecular flexibility index (Phi) is 4.02. The van der Waals surface area contributed by atoms with E-state index in [0.29, 0.717) is 0 Å². The van der Waals surface area contributed by atoms with E-state index in [0.717, 1.165) is 35.2 Å². The van der Waals surface area contributed by atoms with Crippen molar-refractivity contribution in [1.29, 1.82) is 0 Å². The molecule has 0 spiro atoms. The highest BCUT2D eigenvalue weighted by molar-refractivity contribution is 9.10. The molecule has 4 heteroatoms. The normalized spacial score (nSPS) is 19.5. The summed E-state index contributed by atoms with van der Waals surface area (Å²) < 4.78 is 0.914. The summed E-state index contributed by atoms with van der Waals surface area (Å²) in [5.74, 6) is 0.122. The first-order valence-electron chi connectivity index (χ1n) is 6.58. The fourth-order valence-electron chi connectivity index (χ4n) is 2.40. The van der Waals surface area contributed by atoms with E-state index < -0.39 is 0 Å². The van der Waals surface area contributed by atoms with Crippen molar-refractivity contribution in [2.45, 2.75) is 26.3 Å². The zero-order valence-corrected chi connectivity index (χ0v) is 13.6.